The van der Waals surface area contributed by atoms with E-state index < -0.39 is 24.2 Å². The van der Waals surface area contributed by atoms with Gasteiger partial charge < -0.3 is 25.2 Å². The van der Waals surface area contributed by atoms with Crippen molar-refractivity contribution in [2.45, 2.75) is 31.6 Å². The lowest BCUT2D eigenvalue weighted by Crippen LogP contribution is -2.36. The van der Waals surface area contributed by atoms with Gasteiger partial charge >= 0.3 is 6.18 Å². The normalized spacial score (nSPS) is 17.5. The van der Waals surface area contributed by atoms with E-state index in [-0.39, 0.29) is 29.2 Å². The van der Waals surface area contributed by atoms with Crippen LogP contribution in [0.5, 0.6) is 17.2 Å². The summed E-state index contributed by atoms with van der Waals surface area (Å²) < 4.78 is 53.2. The average Bonchev–Trinajstić information content (AvgIpc) is 3.23. The van der Waals surface area contributed by atoms with E-state index in [0.29, 0.717) is 17.1 Å². The topological polar surface area (TPSA) is 97.6 Å². The lowest BCUT2D eigenvalue weighted by Gasteiger charge is -2.34. The summed E-state index contributed by atoms with van der Waals surface area (Å²) in [7, 11) is 2.90. The van der Waals surface area contributed by atoms with Crippen molar-refractivity contribution in [2.75, 3.05) is 24.9 Å². The molecule has 180 valence electrons. The lowest BCUT2D eigenvalue weighted by molar-refractivity contribution is -0.173. The number of phenolic OH excluding ortho intramolecular Hbond substituents is 1. The fourth-order valence-electron chi connectivity index (χ4n) is 3.96. The number of fused-ring (bicyclic) bond motifs is 1. The molecule has 2 atom stereocenters. The van der Waals surface area contributed by atoms with Crippen LogP contribution in [-0.2, 0) is 0 Å². The van der Waals surface area contributed by atoms with Crippen LogP contribution in [0.2, 0.25) is 0 Å². The molecule has 1 aliphatic rings. The Bertz CT molecular complexity index is 1230. The highest BCUT2D eigenvalue weighted by atomic mass is 19.4. The Hall–Kier alpha value is -3.89. The van der Waals surface area contributed by atoms with Gasteiger partial charge in [-0.3, -0.25) is 4.79 Å². The average molecular weight is 476 g/mol. The van der Waals surface area contributed by atoms with Gasteiger partial charge in [0.05, 0.1) is 32.1 Å². The quantitative estimate of drug-likeness (QED) is 0.457. The maximum absolute atomic E-state index is 14.0. The van der Waals surface area contributed by atoms with Gasteiger partial charge in [0.2, 0.25) is 0 Å². The molecule has 34 heavy (non-hydrogen) atoms. The number of anilines is 2. The molecule has 0 unspecified atom stereocenters. The van der Waals surface area contributed by atoms with E-state index in [4.69, 9.17) is 9.47 Å². The van der Waals surface area contributed by atoms with Gasteiger partial charge in [0.1, 0.15) is 17.1 Å². The van der Waals surface area contributed by atoms with Gasteiger partial charge in [0, 0.05) is 6.42 Å². The first kappa shape index (κ1) is 23.3. The Labute approximate surface area is 193 Å². The number of hydrogen-bond donors (Lipinski definition) is 3. The first-order valence-electron chi connectivity index (χ1n) is 10.4. The summed E-state index contributed by atoms with van der Waals surface area (Å²) in [6.07, 6.45) is -3.85. The van der Waals surface area contributed by atoms with Gasteiger partial charge in [-0.05, 0) is 42.3 Å². The number of alkyl halides is 3. The Kier molecular flexibility index (Phi) is 6.03. The van der Waals surface area contributed by atoms with E-state index in [1.54, 1.807) is 37.3 Å². The van der Waals surface area contributed by atoms with E-state index >= 15 is 0 Å². The number of rotatable bonds is 5. The van der Waals surface area contributed by atoms with Gasteiger partial charge in [-0.15, -0.1) is 0 Å². The van der Waals surface area contributed by atoms with Gasteiger partial charge in [0.25, 0.3) is 5.91 Å². The third-order valence-electron chi connectivity index (χ3n) is 5.69. The predicted octanol–water partition coefficient (Wildman–Crippen LogP) is 4.83. The number of aromatic hydroxyl groups is 1. The summed E-state index contributed by atoms with van der Waals surface area (Å²) in [5, 5.41) is 19.5. The summed E-state index contributed by atoms with van der Waals surface area (Å²) >= 11 is 0. The lowest BCUT2D eigenvalue weighted by atomic mass is 9.96. The van der Waals surface area contributed by atoms with Crippen molar-refractivity contribution in [1.29, 1.82) is 0 Å². The fraction of sp³-hybridized carbons (Fsp3) is 0.304. The molecule has 1 amide bonds. The molecule has 1 aromatic heterocycles. The highest BCUT2D eigenvalue weighted by molar-refractivity contribution is 6.08. The predicted molar refractivity (Wildman–Crippen MR) is 119 cm³/mol. The molecule has 3 aromatic rings. The molecule has 8 nitrogen and oxygen atoms in total. The highest BCUT2D eigenvalue weighted by Crippen LogP contribution is 2.45. The Morgan fingerprint density at radius 1 is 1.18 bits per heavy atom. The van der Waals surface area contributed by atoms with Crippen molar-refractivity contribution in [3.8, 4) is 17.2 Å². The zero-order valence-electron chi connectivity index (χ0n) is 18.6. The first-order chi connectivity index (χ1) is 16.1. The number of carbonyl (C=O) groups excluding carboxylic acids is 1. The van der Waals surface area contributed by atoms with Gasteiger partial charge in [0.15, 0.2) is 17.5 Å². The summed E-state index contributed by atoms with van der Waals surface area (Å²) in [5.74, 6) is -0.124. The van der Waals surface area contributed by atoms with Crippen molar-refractivity contribution in [3.63, 3.8) is 0 Å². The van der Waals surface area contributed by atoms with Crippen LogP contribution in [-0.4, -0.2) is 41.2 Å². The highest BCUT2D eigenvalue weighted by Gasteiger charge is 2.47. The summed E-state index contributed by atoms with van der Waals surface area (Å²) in [6.45, 7) is 1.78. The smallest absolute Gasteiger partial charge is 0.410 e. The molecule has 0 radical (unpaired) electrons. The van der Waals surface area contributed by atoms with Crippen LogP contribution in [0, 0.1) is 6.92 Å². The zero-order valence-corrected chi connectivity index (χ0v) is 18.6. The van der Waals surface area contributed by atoms with Gasteiger partial charge in [-0.25, -0.2) is 4.68 Å². The van der Waals surface area contributed by atoms with Crippen LogP contribution in [0.4, 0.5) is 24.7 Å². The monoisotopic (exact) mass is 476 g/mol. The minimum absolute atomic E-state index is 0.0713. The number of nitrogens with zero attached hydrogens (tertiary/aromatic N) is 2. The minimum Gasteiger partial charge on any atom is -0.506 e. The second-order valence-corrected chi connectivity index (χ2v) is 7.93. The number of hydrogen-bond acceptors (Lipinski definition) is 6. The number of amides is 1. The zero-order chi connectivity index (χ0) is 24.6. The molecule has 3 N–H and O–H groups in total. The molecule has 11 heteroatoms. The van der Waals surface area contributed by atoms with Crippen molar-refractivity contribution in [1.82, 2.24) is 9.78 Å². The fourth-order valence-corrected chi connectivity index (χ4v) is 3.96. The Balaban J connectivity index is 1.71. The SMILES string of the molecule is COc1ccc([C@H]2C[C@H](C(F)(F)F)n3ncc(C(=O)Nc4cc(C)ccc4O)c3N2)cc1OC. The Morgan fingerprint density at radius 2 is 1.91 bits per heavy atom. The van der Waals surface area contributed by atoms with E-state index in [0.717, 1.165) is 16.4 Å². The van der Waals surface area contributed by atoms with Crippen LogP contribution in [0.15, 0.2) is 42.6 Å². The first-order valence-corrected chi connectivity index (χ1v) is 10.4. The number of aromatic nitrogens is 2. The molecule has 4 rings (SSSR count). The second-order valence-electron chi connectivity index (χ2n) is 7.93. The van der Waals surface area contributed by atoms with E-state index in [1.807, 2.05) is 0 Å². The van der Waals surface area contributed by atoms with Crippen LogP contribution in [0.25, 0.3) is 0 Å². The van der Waals surface area contributed by atoms with Crippen molar-refractivity contribution in [2.24, 2.45) is 0 Å². The number of carbonyl (C=O) groups is 1. The summed E-state index contributed by atoms with van der Waals surface area (Å²) in [6, 6.07) is 6.76. The molecule has 0 bridgehead atoms. The number of halogens is 3. The minimum atomic E-state index is -4.60. The maximum atomic E-state index is 14.0. The number of ether oxygens (including phenoxy) is 2. The third kappa shape index (κ3) is 4.33. The van der Waals surface area contributed by atoms with Crippen LogP contribution < -0.4 is 20.1 Å². The molecule has 0 saturated carbocycles. The van der Waals surface area contributed by atoms with E-state index in [1.165, 1.54) is 20.3 Å². The number of benzene rings is 2. The number of aryl methyl sites for hydroxylation is 1. The molecule has 1 aliphatic heterocycles. The van der Waals surface area contributed by atoms with E-state index in [9.17, 15) is 23.1 Å². The molecule has 0 spiro atoms. The Morgan fingerprint density at radius 3 is 2.59 bits per heavy atom. The van der Waals surface area contributed by atoms with Crippen LogP contribution in [0.1, 0.15) is 40.0 Å². The molecular weight excluding hydrogens is 453 g/mol. The second kappa shape index (κ2) is 8.81. The van der Waals surface area contributed by atoms with Crippen LogP contribution in [0.3, 0.4) is 0 Å². The summed E-state index contributed by atoms with van der Waals surface area (Å²) in [5.41, 5.74) is 1.38. The largest absolute Gasteiger partial charge is 0.506 e. The van der Waals surface area contributed by atoms with Gasteiger partial charge in [-0.2, -0.15) is 18.3 Å². The number of phenols is 1. The third-order valence-corrected chi connectivity index (χ3v) is 5.69. The number of methoxy groups -OCH3 is 2. The molecule has 0 aliphatic carbocycles. The molecule has 2 aromatic carbocycles. The van der Waals surface area contributed by atoms with Crippen molar-refractivity contribution in [3.05, 3.63) is 59.3 Å². The van der Waals surface area contributed by atoms with Gasteiger partial charge in [-0.1, -0.05) is 12.1 Å². The van der Waals surface area contributed by atoms with Crippen LogP contribution >= 0.6 is 0 Å². The van der Waals surface area contributed by atoms with E-state index in [2.05, 4.69) is 15.7 Å². The molecule has 2 heterocycles. The number of nitrogens with one attached hydrogen (secondary N) is 2. The molecule has 0 fully saturated rings. The van der Waals surface area contributed by atoms with Crippen molar-refractivity contribution < 1.29 is 32.5 Å². The summed E-state index contributed by atoms with van der Waals surface area (Å²) in [4.78, 5) is 13.0. The maximum Gasteiger partial charge on any atom is 0.410 e. The molecule has 0 saturated heterocycles. The molecular formula is C23H23F3N4O4. The standard InChI is InChI=1S/C23H23F3N4O4/c1-12-4-6-17(31)16(8-12)29-22(32)14-11-27-30-20(23(24,25)26)10-15(28-21(14)30)13-5-7-18(33-2)19(9-13)34-3/h4-9,11,15,20,28,31H,10H2,1-3H3,(H,29,32)/t15-,20-/m1/s1. The van der Waals surface area contributed by atoms with Crippen molar-refractivity contribution >= 4 is 17.4 Å².